The standard InChI is InChI=1S/C22H17FN2O2/c23-16-10-7-15(8-11-16)21-18-12-9-14-4-1-2-5-17(14)20(18)24-25(21)22(26)19-6-3-13-27-19/h1-8,10-11,13,18,21H,9,12H2/t18-,21+/m0/s1. The van der Waals surface area contributed by atoms with Crippen LogP contribution in [0.25, 0.3) is 0 Å². The number of fused-ring (bicyclic) bond motifs is 3. The molecule has 5 rings (SSSR count). The zero-order valence-corrected chi connectivity index (χ0v) is 14.5. The highest BCUT2D eigenvalue weighted by atomic mass is 19.1. The number of hydrazone groups is 1. The lowest BCUT2D eigenvalue weighted by atomic mass is 9.77. The lowest BCUT2D eigenvalue weighted by molar-refractivity contribution is 0.0649. The van der Waals surface area contributed by atoms with Gasteiger partial charge in [-0.05, 0) is 48.2 Å². The molecule has 3 aromatic rings. The molecule has 1 amide bonds. The number of furan rings is 1. The fourth-order valence-electron chi connectivity index (χ4n) is 4.14. The second-order valence-electron chi connectivity index (χ2n) is 6.91. The van der Waals surface area contributed by atoms with Crippen LogP contribution in [0.5, 0.6) is 0 Å². The largest absolute Gasteiger partial charge is 0.459 e. The maximum Gasteiger partial charge on any atom is 0.310 e. The van der Waals surface area contributed by atoms with Crippen molar-refractivity contribution < 1.29 is 13.6 Å². The summed E-state index contributed by atoms with van der Waals surface area (Å²) in [7, 11) is 0. The van der Waals surface area contributed by atoms with Gasteiger partial charge in [0.1, 0.15) is 5.82 Å². The Labute approximate surface area is 155 Å². The fraction of sp³-hybridized carbons (Fsp3) is 0.182. The number of halogens is 1. The highest BCUT2D eigenvalue weighted by molar-refractivity contribution is 6.07. The van der Waals surface area contributed by atoms with E-state index >= 15 is 0 Å². The average molecular weight is 360 g/mol. The van der Waals surface area contributed by atoms with Gasteiger partial charge in [0.2, 0.25) is 0 Å². The molecule has 4 nitrogen and oxygen atoms in total. The molecule has 2 heterocycles. The van der Waals surface area contributed by atoms with Gasteiger partial charge in [-0.2, -0.15) is 5.10 Å². The van der Waals surface area contributed by atoms with Crippen LogP contribution in [0.3, 0.4) is 0 Å². The van der Waals surface area contributed by atoms with Gasteiger partial charge in [0.15, 0.2) is 5.76 Å². The summed E-state index contributed by atoms with van der Waals surface area (Å²) in [6, 6.07) is 17.6. The fourth-order valence-corrected chi connectivity index (χ4v) is 4.14. The molecule has 0 spiro atoms. The first kappa shape index (κ1) is 16.0. The van der Waals surface area contributed by atoms with Crippen molar-refractivity contribution in [3.63, 3.8) is 0 Å². The molecule has 0 saturated heterocycles. The van der Waals surface area contributed by atoms with Crippen LogP contribution < -0.4 is 0 Å². The molecular formula is C22H17FN2O2. The number of aryl methyl sites for hydroxylation is 1. The number of carbonyl (C=O) groups is 1. The maximum atomic E-state index is 13.5. The molecular weight excluding hydrogens is 343 g/mol. The van der Waals surface area contributed by atoms with E-state index in [1.807, 2.05) is 12.1 Å². The molecule has 2 aliphatic rings. The van der Waals surface area contributed by atoms with Crippen LogP contribution >= 0.6 is 0 Å². The first-order chi connectivity index (χ1) is 13.2. The molecule has 5 heteroatoms. The summed E-state index contributed by atoms with van der Waals surface area (Å²) in [6.07, 6.45) is 3.30. The molecule has 2 aromatic carbocycles. The summed E-state index contributed by atoms with van der Waals surface area (Å²) in [5.41, 5.74) is 4.14. The minimum absolute atomic E-state index is 0.0734. The molecule has 0 bridgehead atoms. The zero-order chi connectivity index (χ0) is 18.4. The lowest BCUT2D eigenvalue weighted by Gasteiger charge is -2.29. The summed E-state index contributed by atoms with van der Waals surface area (Å²) in [5, 5.41) is 6.24. The summed E-state index contributed by atoms with van der Waals surface area (Å²) in [5.74, 6) is -0.257. The third-order valence-corrected chi connectivity index (χ3v) is 5.38. The summed E-state index contributed by atoms with van der Waals surface area (Å²) in [6.45, 7) is 0. The molecule has 1 aromatic heterocycles. The molecule has 1 aliphatic heterocycles. The van der Waals surface area contributed by atoms with E-state index < -0.39 is 0 Å². The van der Waals surface area contributed by atoms with Gasteiger partial charge in [-0.15, -0.1) is 0 Å². The number of hydrogen-bond donors (Lipinski definition) is 0. The van der Waals surface area contributed by atoms with Crippen molar-refractivity contribution in [2.75, 3.05) is 0 Å². The zero-order valence-electron chi connectivity index (χ0n) is 14.5. The van der Waals surface area contributed by atoms with E-state index in [1.54, 1.807) is 24.3 Å². The Bertz CT molecular complexity index is 1020. The van der Waals surface area contributed by atoms with Crippen molar-refractivity contribution in [3.05, 3.63) is 95.2 Å². The number of amides is 1. The third-order valence-electron chi connectivity index (χ3n) is 5.38. The van der Waals surface area contributed by atoms with E-state index in [9.17, 15) is 9.18 Å². The Morgan fingerprint density at radius 3 is 2.67 bits per heavy atom. The van der Waals surface area contributed by atoms with Gasteiger partial charge in [0.25, 0.3) is 0 Å². The maximum absolute atomic E-state index is 13.5. The number of rotatable bonds is 2. The molecule has 0 unspecified atom stereocenters. The predicted octanol–water partition coefficient (Wildman–Crippen LogP) is 4.58. The van der Waals surface area contributed by atoms with Crippen LogP contribution in [0, 0.1) is 11.7 Å². The Morgan fingerprint density at radius 2 is 1.89 bits per heavy atom. The van der Waals surface area contributed by atoms with Crippen LogP contribution in [0.1, 0.15) is 39.7 Å². The normalized spacial score (nSPS) is 20.8. The van der Waals surface area contributed by atoms with E-state index in [4.69, 9.17) is 9.52 Å². The number of hydrogen-bond acceptors (Lipinski definition) is 3. The topological polar surface area (TPSA) is 45.8 Å². The minimum atomic E-state index is -0.296. The van der Waals surface area contributed by atoms with Gasteiger partial charge in [-0.1, -0.05) is 36.4 Å². The van der Waals surface area contributed by atoms with Crippen LogP contribution in [-0.4, -0.2) is 16.6 Å². The van der Waals surface area contributed by atoms with Gasteiger partial charge in [-0.25, -0.2) is 9.40 Å². The highest BCUT2D eigenvalue weighted by Crippen LogP contribution is 2.43. The molecule has 2 atom stereocenters. The second-order valence-corrected chi connectivity index (χ2v) is 6.91. The van der Waals surface area contributed by atoms with Gasteiger partial charge in [-0.3, -0.25) is 4.79 Å². The Hall–Kier alpha value is -3.21. The summed E-state index contributed by atoms with van der Waals surface area (Å²) < 4.78 is 18.8. The van der Waals surface area contributed by atoms with Gasteiger partial charge in [0.05, 0.1) is 18.0 Å². The van der Waals surface area contributed by atoms with Crippen LogP contribution in [0.2, 0.25) is 0 Å². The van der Waals surface area contributed by atoms with Gasteiger partial charge < -0.3 is 4.42 Å². The van der Waals surface area contributed by atoms with Gasteiger partial charge >= 0.3 is 5.91 Å². The van der Waals surface area contributed by atoms with Crippen LogP contribution in [-0.2, 0) is 6.42 Å². The number of benzene rings is 2. The molecule has 1 aliphatic carbocycles. The lowest BCUT2D eigenvalue weighted by Crippen LogP contribution is -2.32. The summed E-state index contributed by atoms with van der Waals surface area (Å²) >= 11 is 0. The van der Waals surface area contributed by atoms with Crippen LogP contribution in [0.4, 0.5) is 4.39 Å². The van der Waals surface area contributed by atoms with Crippen molar-refractivity contribution >= 4 is 11.6 Å². The highest BCUT2D eigenvalue weighted by Gasteiger charge is 2.44. The Kier molecular flexibility index (Phi) is 3.67. The Balaban J connectivity index is 1.62. The van der Waals surface area contributed by atoms with E-state index in [0.29, 0.717) is 0 Å². The quantitative estimate of drug-likeness (QED) is 0.671. The number of carbonyl (C=O) groups excluding carboxylic acids is 1. The molecule has 0 radical (unpaired) electrons. The predicted molar refractivity (Wildman–Crippen MR) is 98.8 cm³/mol. The minimum Gasteiger partial charge on any atom is -0.459 e. The van der Waals surface area contributed by atoms with Crippen molar-refractivity contribution in [1.82, 2.24) is 5.01 Å². The van der Waals surface area contributed by atoms with Crippen molar-refractivity contribution in [1.29, 1.82) is 0 Å². The smallest absolute Gasteiger partial charge is 0.310 e. The third kappa shape index (κ3) is 2.58. The molecule has 0 N–H and O–H groups in total. The van der Waals surface area contributed by atoms with E-state index in [0.717, 1.165) is 29.7 Å². The van der Waals surface area contributed by atoms with Crippen molar-refractivity contribution in [3.8, 4) is 0 Å². The SMILES string of the molecule is O=C(c1ccco1)N1N=C2c3ccccc3CC[C@@H]2[C@H]1c1ccc(F)cc1. The summed E-state index contributed by atoms with van der Waals surface area (Å²) in [4.78, 5) is 13.1. The monoisotopic (exact) mass is 360 g/mol. The molecule has 0 saturated carbocycles. The average Bonchev–Trinajstić information content (AvgIpc) is 3.36. The van der Waals surface area contributed by atoms with E-state index in [2.05, 4.69) is 12.1 Å². The first-order valence-corrected chi connectivity index (χ1v) is 9.01. The molecule has 27 heavy (non-hydrogen) atoms. The molecule has 0 fully saturated rings. The van der Waals surface area contributed by atoms with E-state index in [-0.39, 0.29) is 29.4 Å². The molecule has 134 valence electrons. The van der Waals surface area contributed by atoms with E-state index in [1.165, 1.54) is 29.0 Å². The van der Waals surface area contributed by atoms with Crippen LogP contribution in [0.15, 0.2) is 76.4 Å². The number of nitrogens with zero attached hydrogens (tertiary/aromatic N) is 2. The van der Waals surface area contributed by atoms with Crippen molar-refractivity contribution in [2.24, 2.45) is 11.0 Å². The van der Waals surface area contributed by atoms with Crippen molar-refractivity contribution in [2.45, 2.75) is 18.9 Å². The Morgan fingerprint density at radius 1 is 1.07 bits per heavy atom. The first-order valence-electron chi connectivity index (χ1n) is 9.01. The second kappa shape index (κ2) is 6.20. The van der Waals surface area contributed by atoms with Gasteiger partial charge in [0, 0.05) is 11.5 Å².